The molecule has 0 aromatic heterocycles. The normalized spacial score (nSPS) is 12.5. The number of aliphatic hydroxyl groups excluding tert-OH is 2. The van der Waals surface area contributed by atoms with Crippen LogP contribution in [0.2, 0.25) is 0 Å². The van der Waals surface area contributed by atoms with Gasteiger partial charge in [0.2, 0.25) is 0 Å². The molecule has 0 saturated heterocycles. The minimum Gasteiger partial charge on any atom is -0.383 e. The van der Waals surface area contributed by atoms with Gasteiger partial charge in [-0.2, -0.15) is 0 Å². The molecule has 0 aromatic carbocycles. The Hall–Kier alpha value is -0.650. The highest BCUT2D eigenvalue weighted by Gasteiger charge is 2.23. The lowest BCUT2D eigenvalue weighted by molar-refractivity contribution is -0.146. The number of carbonyl (C=O) groups is 1. The first-order valence-electron chi connectivity index (χ1n) is 11.4. The van der Waals surface area contributed by atoms with Crippen molar-refractivity contribution in [2.75, 3.05) is 13.1 Å². The van der Waals surface area contributed by atoms with E-state index in [0.29, 0.717) is 13.0 Å². The van der Waals surface area contributed by atoms with Gasteiger partial charge in [-0.3, -0.25) is 4.79 Å². The summed E-state index contributed by atoms with van der Waals surface area (Å²) in [5, 5.41) is 28.6. The number of amides is 1. The summed E-state index contributed by atoms with van der Waals surface area (Å²) in [6, 6.07) is 0. The molecule has 0 rings (SSSR count). The molecule has 27 heavy (non-hydrogen) atoms. The Kier molecular flexibility index (Phi) is 18.3. The molecule has 1 unspecified atom stereocenters. The summed E-state index contributed by atoms with van der Waals surface area (Å²) in [5.74, 6) is -0.365. The number of hydrogen-bond donors (Lipinski definition) is 3. The van der Waals surface area contributed by atoms with Crippen molar-refractivity contribution in [1.29, 1.82) is 0 Å². The number of hydrogen-bond acceptors (Lipinski definition) is 4. The third kappa shape index (κ3) is 16.0. The van der Waals surface area contributed by atoms with Crippen molar-refractivity contribution in [3.05, 3.63) is 0 Å². The van der Waals surface area contributed by atoms with Gasteiger partial charge < -0.3 is 20.2 Å². The first-order chi connectivity index (χ1) is 13.0. The number of nitrogens with zero attached hydrogens (tertiary/aromatic N) is 1. The topological polar surface area (TPSA) is 81.0 Å². The molecule has 1 atom stereocenters. The molecule has 0 saturated carbocycles. The molecule has 0 radical (unpaired) electrons. The fourth-order valence-corrected chi connectivity index (χ4v) is 3.38. The molecular weight excluding hydrogens is 342 g/mol. The van der Waals surface area contributed by atoms with Crippen LogP contribution in [0.15, 0.2) is 0 Å². The second-order valence-electron chi connectivity index (χ2n) is 7.81. The quantitative estimate of drug-likeness (QED) is 0.227. The molecule has 0 aliphatic heterocycles. The van der Waals surface area contributed by atoms with Gasteiger partial charge >= 0.3 is 0 Å². The SMILES string of the molecule is CCCCCCCCCCCCN(CC(O)O)C(=O)C(O)CCCCCC. The van der Waals surface area contributed by atoms with Crippen molar-refractivity contribution in [3.63, 3.8) is 0 Å². The molecule has 0 spiro atoms. The summed E-state index contributed by atoms with van der Waals surface area (Å²) in [6.45, 7) is 4.72. The van der Waals surface area contributed by atoms with Gasteiger partial charge in [0, 0.05) is 6.54 Å². The zero-order chi connectivity index (χ0) is 20.3. The van der Waals surface area contributed by atoms with Gasteiger partial charge in [-0.25, -0.2) is 0 Å². The highest BCUT2D eigenvalue weighted by atomic mass is 16.5. The van der Waals surface area contributed by atoms with Crippen LogP contribution in [0.4, 0.5) is 0 Å². The molecule has 0 fully saturated rings. The van der Waals surface area contributed by atoms with E-state index in [1.165, 1.54) is 49.8 Å². The van der Waals surface area contributed by atoms with Crippen molar-refractivity contribution >= 4 is 5.91 Å². The van der Waals surface area contributed by atoms with Crippen molar-refractivity contribution in [2.45, 2.75) is 123 Å². The van der Waals surface area contributed by atoms with E-state index in [-0.39, 0.29) is 12.5 Å². The maximum absolute atomic E-state index is 12.4. The molecule has 0 aliphatic carbocycles. The van der Waals surface area contributed by atoms with Crippen LogP contribution in [-0.2, 0) is 4.79 Å². The smallest absolute Gasteiger partial charge is 0.251 e. The Morgan fingerprint density at radius 1 is 0.704 bits per heavy atom. The van der Waals surface area contributed by atoms with E-state index >= 15 is 0 Å². The predicted octanol–water partition coefficient (Wildman–Crippen LogP) is 4.38. The van der Waals surface area contributed by atoms with Crippen LogP contribution < -0.4 is 0 Å². The monoisotopic (exact) mass is 387 g/mol. The lowest BCUT2D eigenvalue weighted by Gasteiger charge is -2.26. The molecule has 162 valence electrons. The fraction of sp³-hybridized carbons (Fsp3) is 0.955. The van der Waals surface area contributed by atoms with Crippen LogP contribution >= 0.6 is 0 Å². The van der Waals surface area contributed by atoms with Crippen LogP contribution in [-0.4, -0.2) is 51.6 Å². The molecule has 5 nitrogen and oxygen atoms in total. The maximum Gasteiger partial charge on any atom is 0.251 e. The van der Waals surface area contributed by atoms with Crippen molar-refractivity contribution in [1.82, 2.24) is 4.90 Å². The van der Waals surface area contributed by atoms with Gasteiger partial charge in [-0.15, -0.1) is 0 Å². The summed E-state index contributed by atoms with van der Waals surface area (Å²) in [6.07, 6.45) is 14.1. The lowest BCUT2D eigenvalue weighted by Crippen LogP contribution is -2.43. The summed E-state index contributed by atoms with van der Waals surface area (Å²) in [7, 11) is 0. The largest absolute Gasteiger partial charge is 0.383 e. The van der Waals surface area contributed by atoms with Crippen LogP contribution in [0.5, 0.6) is 0 Å². The summed E-state index contributed by atoms with van der Waals surface area (Å²) in [4.78, 5) is 13.8. The Morgan fingerprint density at radius 3 is 1.63 bits per heavy atom. The highest BCUT2D eigenvalue weighted by Crippen LogP contribution is 2.12. The second kappa shape index (κ2) is 18.7. The third-order valence-electron chi connectivity index (χ3n) is 5.09. The fourth-order valence-electron chi connectivity index (χ4n) is 3.38. The molecule has 3 N–H and O–H groups in total. The van der Waals surface area contributed by atoms with Crippen molar-refractivity contribution < 1.29 is 20.1 Å². The Bertz CT molecular complexity index is 336. The lowest BCUT2D eigenvalue weighted by atomic mass is 10.1. The molecule has 1 amide bonds. The van der Waals surface area contributed by atoms with E-state index < -0.39 is 12.4 Å². The van der Waals surface area contributed by atoms with E-state index in [2.05, 4.69) is 13.8 Å². The zero-order valence-corrected chi connectivity index (χ0v) is 17.9. The van der Waals surface area contributed by atoms with Crippen LogP contribution in [0.3, 0.4) is 0 Å². The van der Waals surface area contributed by atoms with Crippen LogP contribution in [0.1, 0.15) is 110 Å². The van der Waals surface area contributed by atoms with E-state index in [0.717, 1.165) is 44.9 Å². The number of carbonyl (C=O) groups excluding carboxylic acids is 1. The third-order valence-corrected chi connectivity index (χ3v) is 5.09. The molecule has 5 heteroatoms. The highest BCUT2D eigenvalue weighted by molar-refractivity contribution is 5.80. The van der Waals surface area contributed by atoms with E-state index in [1.807, 2.05) is 0 Å². The van der Waals surface area contributed by atoms with Gasteiger partial charge in [-0.1, -0.05) is 97.3 Å². The van der Waals surface area contributed by atoms with Gasteiger partial charge in [-0.05, 0) is 12.8 Å². The maximum atomic E-state index is 12.4. The first kappa shape index (κ1) is 26.4. The average Bonchev–Trinajstić information content (AvgIpc) is 2.64. The average molecular weight is 388 g/mol. The molecule has 0 bridgehead atoms. The van der Waals surface area contributed by atoms with Crippen LogP contribution in [0.25, 0.3) is 0 Å². The molecule has 0 heterocycles. The first-order valence-corrected chi connectivity index (χ1v) is 11.4. The molecule has 0 aromatic rings. The Morgan fingerprint density at radius 2 is 1.15 bits per heavy atom. The standard InChI is InChI=1S/C22H45NO4/c1-3-5-7-9-10-11-12-13-14-16-18-23(19-21(25)26)22(27)20(24)17-15-8-6-4-2/h20-21,24-26H,3-19H2,1-2H3. The summed E-state index contributed by atoms with van der Waals surface area (Å²) < 4.78 is 0. The minimum absolute atomic E-state index is 0.123. The molecule has 0 aliphatic rings. The van der Waals surface area contributed by atoms with Gasteiger partial charge in [0.25, 0.3) is 5.91 Å². The predicted molar refractivity (Wildman–Crippen MR) is 111 cm³/mol. The number of rotatable bonds is 19. The summed E-state index contributed by atoms with van der Waals surface area (Å²) in [5.41, 5.74) is 0. The van der Waals surface area contributed by atoms with Gasteiger partial charge in [0.15, 0.2) is 6.29 Å². The van der Waals surface area contributed by atoms with E-state index in [9.17, 15) is 20.1 Å². The Balaban J connectivity index is 3.96. The van der Waals surface area contributed by atoms with Gasteiger partial charge in [0.1, 0.15) is 6.10 Å². The summed E-state index contributed by atoms with van der Waals surface area (Å²) >= 11 is 0. The zero-order valence-electron chi connectivity index (χ0n) is 17.9. The minimum atomic E-state index is -1.55. The number of unbranched alkanes of at least 4 members (excludes halogenated alkanes) is 12. The number of aliphatic hydroxyl groups is 3. The van der Waals surface area contributed by atoms with E-state index in [1.54, 1.807) is 0 Å². The van der Waals surface area contributed by atoms with Crippen molar-refractivity contribution in [2.24, 2.45) is 0 Å². The Labute approximate surface area is 167 Å². The van der Waals surface area contributed by atoms with Crippen molar-refractivity contribution in [3.8, 4) is 0 Å². The van der Waals surface area contributed by atoms with Gasteiger partial charge in [0.05, 0.1) is 6.54 Å². The molecular formula is C22H45NO4. The van der Waals surface area contributed by atoms with E-state index in [4.69, 9.17) is 0 Å². The van der Waals surface area contributed by atoms with Crippen LogP contribution in [0, 0.1) is 0 Å². The second-order valence-corrected chi connectivity index (χ2v) is 7.81.